The maximum atomic E-state index is 12.0. The highest BCUT2D eigenvalue weighted by Gasteiger charge is 2.11. The molecule has 5 nitrogen and oxygen atoms in total. The number of aryl methyl sites for hydroxylation is 1. The van der Waals surface area contributed by atoms with E-state index in [1.165, 1.54) is 4.68 Å². The molecule has 0 unspecified atom stereocenters. The van der Waals surface area contributed by atoms with Crippen LogP contribution in [-0.4, -0.2) is 22.2 Å². The third kappa shape index (κ3) is 3.04. The van der Waals surface area contributed by atoms with Crippen molar-refractivity contribution in [2.75, 3.05) is 6.54 Å². The molecule has 0 saturated carbocycles. The predicted molar refractivity (Wildman–Crippen MR) is 78.6 cm³/mol. The number of hydrogen-bond acceptors (Lipinski definition) is 3. The van der Waals surface area contributed by atoms with Gasteiger partial charge in [-0.05, 0) is 12.5 Å². The summed E-state index contributed by atoms with van der Waals surface area (Å²) in [6.45, 7) is 2.76. The van der Waals surface area contributed by atoms with Gasteiger partial charge >= 0.3 is 0 Å². The van der Waals surface area contributed by atoms with Gasteiger partial charge in [-0.25, -0.2) is 4.68 Å². The molecule has 1 amide bonds. The van der Waals surface area contributed by atoms with Crippen molar-refractivity contribution >= 4 is 16.7 Å². The van der Waals surface area contributed by atoms with Crippen molar-refractivity contribution in [3.63, 3.8) is 0 Å². The molecular formula is C15H19N3O2. The van der Waals surface area contributed by atoms with E-state index in [1.807, 2.05) is 18.2 Å². The van der Waals surface area contributed by atoms with Gasteiger partial charge in [-0.3, -0.25) is 9.59 Å². The molecule has 0 fully saturated rings. The monoisotopic (exact) mass is 273 g/mol. The molecule has 0 aliphatic heterocycles. The van der Waals surface area contributed by atoms with Crippen LogP contribution < -0.4 is 10.9 Å². The Labute approximate surface area is 117 Å². The first-order valence-corrected chi connectivity index (χ1v) is 6.85. The van der Waals surface area contributed by atoms with Crippen LogP contribution in [0.3, 0.4) is 0 Å². The number of carbonyl (C=O) groups is 1. The molecule has 1 aromatic carbocycles. The first-order chi connectivity index (χ1) is 9.63. The van der Waals surface area contributed by atoms with Gasteiger partial charge in [0.1, 0.15) is 0 Å². The van der Waals surface area contributed by atoms with E-state index in [1.54, 1.807) is 13.1 Å². The lowest BCUT2D eigenvalue weighted by atomic mass is 10.1. The summed E-state index contributed by atoms with van der Waals surface area (Å²) in [5, 5.41) is 8.43. The minimum Gasteiger partial charge on any atom is -0.356 e. The zero-order chi connectivity index (χ0) is 14.5. The van der Waals surface area contributed by atoms with Crippen LogP contribution in [0, 0.1) is 0 Å². The fourth-order valence-corrected chi connectivity index (χ4v) is 2.13. The van der Waals surface area contributed by atoms with Gasteiger partial charge in [0.05, 0.1) is 17.5 Å². The molecule has 20 heavy (non-hydrogen) atoms. The quantitative estimate of drug-likeness (QED) is 0.837. The Bertz CT molecular complexity index is 676. The SMILES string of the molecule is CCCCNC(=O)Cc1nn(C)c(=O)c2ccccc12. The largest absolute Gasteiger partial charge is 0.356 e. The minimum atomic E-state index is -0.143. The fourth-order valence-electron chi connectivity index (χ4n) is 2.13. The van der Waals surface area contributed by atoms with Gasteiger partial charge in [-0.2, -0.15) is 5.10 Å². The van der Waals surface area contributed by atoms with Crippen LogP contribution in [0.1, 0.15) is 25.5 Å². The number of fused-ring (bicyclic) bond motifs is 1. The van der Waals surface area contributed by atoms with E-state index < -0.39 is 0 Å². The second kappa shape index (κ2) is 6.32. The Balaban J connectivity index is 2.28. The Morgan fingerprint density at radius 1 is 1.30 bits per heavy atom. The average molecular weight is 273 g/mol. The first kappa shape index (κ1) is 14.2. The number of carbonyl (C=O) groups excluding carboxylic acids is 1. The van der Waals surface area contributed by atoms with Crippen molar-refractivity contribution in [2.45, 2.75) is 26.2 Å². The minimum absolute atomic E-state index is 0.0604. The highest BCUT2D eigenvalue weighted by molar-refractivity contribution is 5.88. The maximum absolute atomic E-state index is 12.0. The van der Waals surface area contributed by atoms with Crippen LogP contribution >= 0.6 is 0 Å². The lowest BCUT2D eigenvalue weighted by Crippen LogP contribution is -2.28. The number of aromatic nitrogens is 2. The highest BCUT2D eigenvalue weighted by atomic mass is 16.1. The lowest BCUT2D eigenvalue weighted by Gasteiger charge is -2.08. The van der Waals surface area contributed by atoms with Gasteiger partial charge in [-0.1, -0.05) is 31.5 Å². The molecule has 0 saturated heterocycles. The van der Waals surface area contributed by atoms with Crippen molar-refractivity contribution in [1.29, 1.82) is 0 Å². The summed E-state index contributed by atoms with van der Waals surface area (Å²) in [6, 6.07) is 7.26. The van der Waals surface area contributed by atoms with Crippen LogP contribution in [0.4, 0.5) is 0 Å². The first-order valence-electron chi connectivity index (χ1n) is 6.85. The van der Waals surface area contributed by atoms with E-state index in [0.29, 0.717) is 17.6 Å². The molecule has 1 aromatic heterocycles. The number of nitrogens with one attached hydrogen (secondary N) is 1. The molecular weight excluding hydrogens is 254 g/mol. The molecule has 2 rings (SSSR count). The molecule has 106 valence electrons. The van der Waals surface area contributed by atoms with Gasteiger partial charge in [0.2, 0.25) is 5.91 Å². The predicted octanol–water partition coefficient (Wildman–Crippen LogP) is 1.39. The van der Waals surface area contributed by atoms with E-state index in [9.17, 15) is 9.59 Å². The van der Waals surface area contributed by atoms with Crippen molar-refractivity contribution in [1.82, 2.24) is 15.1 Å². The Kier molecular flexibility index (Phi) is 4.50. The standard InChI is InChI=1S/C15H19N3O2/c1-3-4-9-16-14(19)10-13-11-7-5-6-8-12(11)15(20)18(2)17-13/h5-8H,3-4,9-10H2,1-2H3,(H,16,19). The van der Waals surface area contributed by atoms with Gasteiger partial charge in [0.15, 0.2) is 0 Å². The van der Waals surface area contributed by atoms with Crippen LogP contribution in [-0.2, 0) is 18.3 Å². The molecule has 0 aliphatic rings. The Hall–Kier alpha value is -2.17. The normalized spacial score (nSPS) is 10.7. The van der Waals surface area contributed by atoms with E-state index in [-0.39, 0.29) is 17.9 Å². The van der Waals surface area contributed by atoms with Crippen LogP contribution in [0.5, 0.6) is 0 Å². The van der Waals surface area contributed by atoms with Gasteiger partial charge in [0.25, 0.3) is 5.56 Å². The number of benzene rings is 1. The Morgan fingerprint density at radius 2 is 2.00 bits per heavy atom. The van der Waals surface area contributed by atoms with Gasteiger partial charge in [0, 0.05) is 19.0 Å². The summed E-state index contributed by atoms with van der Waals surface area (Å²) in [5.74, 6) is -0.0604. The zero-order valence-electron chi connectivity index (χ0n) is 11.8. The van der Waals surface area contributed by atoms with E-state index in [0.717, 1.165) is 18.2 Å². The summed E-state index contributed by atoms with van der Waals surface area (Å²) in [7, 11) is 1.60. The molecule has 0 atom stereocenters. The van der Waals surface area contributed by atoms with E-state index in [2.05, 4.69) is 17.3 Å². The summed E-state index contributed by atoms with van der Waals surface area (Å²) in [5.41, 5.74) is 0.493. The average Bonchev–Trinajstić information content (AvgIpc) is 2.45. The van der Waals surface area contributed by atoms with Crippen molar-refractivity contribution in [3.05, 3.63) is 40.3 Å². The molecule has 0 radical (unpaired) electrons. The van der Waals surface area contributed by atoms with Crippen LogP contribution in [0.15, 0.2) is 29.1 Å². The van der Waals surface area contributed by atoms with Crippen molar-refractivity contribution < 1.29 is 4.79 Å². The smallest absolute Gasteiger partial charge is 0.274 e. The summed E-state index contributed by atoms with van der Waals surface area (Å²) in [4.78, 5) is 23.9. The summed E-state index contributed by atoms with van der Waals surface area (Å²) >= 11 is 0. The molecule has 0 spiro atoms. The Morgan fingerprint density at radius 3 is 2.70 bits per heavy atom. The van der Waals surface area contributed by atoms with Crippen molar-refractivity contribution in [3.8, 4) is 0 Å². The fraction of sp³-hybridized carbons (Fsp3) is 0.400. The molecule has 1 N–H and O–H groups in total. The number of hydrogen-bond donors (Lipinski definition) is 1. The lowest BCUT2D eigenvalue weighted by molar-refractivity contribution is -0.120. The van der Waals surface area contributed by atoms with Gasteiger partial charge < -0.3 is 5.32 Å². The third-order valence-corrected chi connectivity index (χ3v) is 3.21. The van der Waals surface area contributed by atoms with Crippen LogP contribution in [0.2, 0.25) is 0 Å². The topological polar surface area (TPSA) is 64.0 Å². The zero-order valence-corrected chi connectivity index (χ0v) is 11.8. The second-order valence-electron chi connectivity index (χ2n) is 4.80. The molecule has 2 aromatic rings. The number of nitrogens with zero attached hydrogens (tertiary/aromatic N) is 2. The molecule has 0 bridgehead atoms. The van der Waals surface area contributed by atoms with E-state index in [4.69, 9.17) is 0 Å². The van der Waals surface area contributed by atoms with E-state index >= 15 is 0 Å². The van der Waals surface area contributed by atoms with Gasteiger partial charge in [-0.15, -0.1) is 0 Å². The third-order valence-electron chi connectivity index (χ3n) is 3.21. The number of rotatable bonds is 5. The summed E-state index contributed by atoms with van der Waals surface area (Å²) < 4.78 is 1.29. The highest BCUT2D eigenvalue weighted by Crippen LogP contribution is 2.13. The maximum Gasteiger partial charge on any atom is 0.274 e. The second-order valence-corrected chi connectivity index (χ2v) is 4.80. The summed E-state index contributed by atoms with van der Waals surface area (Å²) in [6.07, 6.45) is 2.20. The number of unbranched alkanes of at least 4 members (excludes halogenated alkanes) is 1. The molecule has 5 heteroatoms. The van der Waals surface area contributed by atoms with Crippen LogP contribution in [0.25, 0.3) is 10.8 Å². The molecule has 1 heterocycles. The number of amides is 1. The van der Waals surface area contributed by atoms with Crippen molar-refractivity contribution in [2.24, 2.45) is 7.05 Å². The molecule has 0 aliphatic carbocycles.